The molecule has 1 nitrogen and oxygen atoms in total. The summed E-state index contributed by atoms with van der Waals surface area (Å²) in [5.41, 5.74) is 2.36. The lowest BCUT2D eigenvalue weighted by Gasteiger charge is -2.28. The highest BCUT2D eigenvalue weighted by Crippen LogP contribution is 2.42. The second-order valence-electron chi connectivity index (χ2n) is 4.66. The largest absolute Gasteiger partial charge is 0.299 e. The molecule has 1 saturated carbocycles. The molecular weight excluding hydrogens is 184 g/mol. The molecule has 0 saturated heterocycles. The van der Waals surface area contributed by atoms with Crippen LogP contribution in [0, 0.1) is 6.92 Å². The zero-order valence-corrected chi connectivity index (χ0v) is 9.55. The van der Waals surface area contributed by atoms with Crippen molar-refractivity contribution in [3.63, 3.8) is 0 Å². The smallest absolute Gasteiger partial charge is 0.140 e. The van der Waals surface area contributed by atoms with Gasteiger partial charge in [0.05, 0.1) is 5.41 Å². The average molecular weight is 202 g/mol. The molecule has 1 heteroatoms. The molecule has 0 unspecified atom stereocenters. The topological polar surface area (TPSA) is 17.1 Å². The van der Waals surface area contributed by atoms with Crippen molar-refractivity contribution >= 4 is 5.78 Å². The van der Waals surface area contributed by atoms with Gasteiger partial charge in [-0.05, 0) is 37.8 Å². The molecular formula is C14H18O. The van der Waals surface area contributed by atoms with Gasteiger partial charge in [0, 0.05) is 0 Å². The summed E-state index contributed by atoms with van der Waals surface area (Å²) in [5.74, 6) is 0.342. The zero-order chi connectivity index (χ0) is 10.9. The Bertz CT molecular complexity index is 373. The van der Waals surface area contributed by atoms with Gasteiger partial charge in [-0.25, -0.2) is 0 Å². The summed E-state index contributed by atoms with van der Waals surface area (Å²) < 4.78 is 0. The highest BCUT2D eigenvalue weighted by atomic mass is 16.1. The summed E-state index contributed by atoms with van der Waals surface area (Å²) in [6, 6.07) is 8.33. The molecule has 1 aliphatic carbocycles. The fourth-order valence-electron chi connectivity index (χ4n) is 2.90. The third kappa shape index (κ3) is 1.60. The number of carbonyl (C=O) groups excluding carboxylic acids is 1. The van der Waals surface area contributed by atoms with Crippen molar-refractivity contribution in [1.82, 2.24) is 0 Å². The van der Waals surface area contributed by atoms with Gasteiger partial charge in [-0.15, -0.1) is 0 Å². The van der Waals surface area contributed by atoms with E-state index in [2.05, 4.69) is 19.1 Å². The van der Waals surface area contributed by atoms with E-state index in [1.165, 1.54) is 24.0 Å². The molecule has 1 aromatic carbocycles. The summed E-state index contributed by atoms with van der Waals surface area (Å²) in [4.78, 5) is 11.9. The number of ketones is 1. The predicted octanol–water partition coefficient (Wildman–Crippen LogP) is 3.40. The van der Waals surface area contributed by atoms with Crippen LogP contribution in [0.15, 0.2) is 24.3 Å². The van der Waals surface area contributed by atoms with Gasteiger partial charge in [-0.2, -0.15) is 0 Å². The molecule has 1 aromatic rings. The minimum atomic E-state index is -0.161. The van der Waals surface area contributed by atoms with Gasteiger partial charge in [-0.3, -0.25) is 4.79 Å². The van der Waals surface area contributed by atoms with E-state index in [9.17, 15) is 4.79 Å². The van der Waals surface area contributed by atoms with E-state index in [-0.39, 0.29) is 5.41 Å². The Labute approximate surface area is 91.5 Å². The van der Waals surface area contributed by atoms with Crippen molar-refractivity contribution in [1.29, 1.82) is 0 Å². The van der Waals surface area contributed by atoms with Gasteiger partial charge in [-0.1, -0.05) is 37.1 Å². The second kappa shape index (κ2) is 3.80. The third-order valence-electron chi connectivity index (χ3n) is 3.79. The van der Waals surface area contributed by atoms with E-state index in [4.69, 9.17) is 0 Å². The second-order valence-corrected chi connectivity index (χ2v) is 4.66. The van der Waals surface area contributed by atoms with Crippen LogP contribution in [0.5, 0.6) is 0 Å². The molecule has 1 fully saturated rings. The minimum absolute atomic E-state index is 0.161. The molecule has 0 heterocycles. The van der Waals surface area contributed by atoms with Crippen LogP contribution in [0.25, 0.3) is 0 Å². The first-order valence-electron chi connectivity index (χ1n) is 5.74. The normalized spacial score (nSPS) is 19.1. The lowest BCUT2D eigenvalue weighted by Crippen LogP contribution is -2.31. The molecule has 0 radical (unpaired) electrons. The van der Waals surface area contributed by atoms with Crippen LogP contribution in [0.3, 0.4) is 0 Å². The van der Waals surface area contributed by atoms with Crippen LogP contribution in [0.1, 0.15) is 43.7 Å². The van der Waals surface area contributed by atoms with Crippen molar-refractivity contribution in [2.75, 3.05) is 0 Å². The summed E-state index contributed by atoms with van der Waals surface area (Å²) in [7, 11) is 0. The van der Waals surface area contributed by atoms with Crippen LogP contribution < -0.4 is 0 Å². The lowest BCUT2D eigenvalue weighted by molar-refractivity contribution is -0.122. The van der Waals surface area contributed by atoms with Gasteiger partial charge in [0.1, 0.15) is 5.78 Å². The minimum Gasteiger partial charge on any atom is -0.299 e. The van der Waals surface area contributed by atoms with Crippen molar-refractivity contribution in [2.24, 2.45) is 0 Å². The fourth-order valence-corrected chi connectivity index (χ4v) is 2.90. The first kappa shape index (κ1) is 10.4. The van der Waals surface area contributed by atoms with Crippen LogP contribution in [0.2, 0.25) is 0 Å². The quantitative estimate of drug-likeness (QED) is 0.718. The van der Waals surface area contributed by atoms with Crippen LogP contribution in [-0.2, 0) is 10.2 Å². The van der Waals surface area contributed by atoms with Crippen LogP contribution in [-0.4, -0.2) is 5.78 Å². The lowest BCUT2D eigenvalue weighted by atomic mass is 9.74. The fraction of sp³-hybridized carbons (Fsp3) is 0.500. The number of hydrogen-bond acceptors (Lipinski definition) is 1. The van der Waals surface area contributed by atoms with Gasteiger partial charge < -0.3 is 0 Å². The maximum Gasteiger partial charge on any atom is 0.140 e. The molecule has 1 aliphatic rings. The molecule has 0 aliphatic heterocycles. The molecule has 15 heavy (non-hydrogen) atoms. The van der Waals surface area contributed by atoms with Gasteiger partial charge in [0.25, 0.3) is 0 Å². The SMILES string of the molecule is CC(=O)C1(c2ccccc2C)CCCC1. The molecule has 0 aromatic heterocycles. The number of aryl methyl sites for hydroxylation is 1. The number of hydrogen-bond donors (Lipinski definition) is 0. The molecule has 0 bridgehead atoms. The van der Waals surface area contributed by atoms with Crippen LogP contribution in [0.4, 0.5) is 0 Å². The molecule has 80 valence electrons. The van der Waals surface area contributed by atoms with Crippen molar-refractivity contribution < 1.29 is 4.79 Å². The van der Waals surface area contributed by atoms with Crippen LogP contribution >= 0.6 is 0 Å². The zero-order valence-electron chi connectivity index (χ0n) is 9.55. The first-order valence-corrected chi connectivity index (χ1v) is 5.74. The van der Waals surface area contributed by atoms with E-state index >= 15 is 0 Å². The van der Waals surface area contributed by atoms with Crippen molar-refractivity contribution in [2.45, 2.75) is 44.9 Å². The molecule has 0 N–H and O–H groups in total. The Morgan fingerprint density at radius 3 is 2.33 bits per heavy atom. The average Bonchev–Trinajstić information content (AvgIpc) is 2.68. The summed E-state index contributed by atoms with van der Waals surface area (Å²) in [5, 5.41) is 0. The Morgan fingerprint density at radius 2 is 1.80 bits per heavy atom. The Hall–Kier alpha value is -1.11. The molecule has 0 amide bonds. The Balaban J connectivity index is 2.50. The summed E-state index contributed by atoms with van der Waals surface area (Å²) in [6.07, 6.45) is 4.45. The maximum atomic E-state index is 11.9. The summed E-state index contributed by atoms with van der Waals surface area (Å²) in [6.45, 7) is 3.86. The molecule has 0 atom stereocenters. The number of benzene rings is 1. The van der Waals surface area contributed by atoms with Gasteiger partial charge in [0.15, 0.2) is 0 Å². The van der Waals surface area contributed by atoms with E-state index in [0.29, 0.717) is 5.78 Å². The third-order valence-corrected chi connectivity index (χ3v) is 3.79. The van der Waals surface area contributed by atoms with E-state index < -0.39 is 0 Å². The Morgan fingerprint density at radius 1 is 1.20 bits per heavy atom. The Kier molecular flexibility index (Phi) is 2.64. The number of carbonyl (C=O) groups is 1. The first-order chi connectivity index (χ1) is 7.17. The van der Waals surface area contributed by atoms with Crippen molar-refractivity contribution in [3.05, 3.63) is 35.4 Å². The maximum absolute atomic E-state index is 11.9. The molecule has 2 rings (SSSR count). The van der Waals surface area contributed by atoms with E-state index in [0.717, 1.165) is 12.8 Å². The predicted molar refractivity (Wildman–Crippen MR) is 62.0 cm³/mol. The van der Waals surface area contributed by atoms with Gasteiger partial charge in [0.2, 0.25) is 0 Å². The molecule has 0 spiro atoms. The van der Waals surface area contributed by atoms with E-state index in [1.54, 1.807) is 6.92 Å². The number of rotatable bonds is 2. The number of Topliss-reactive ketones (excluding diaryl/α,β-unsaturated/α-hetero) is 1. The summed E-state index contributed by atoms with van der Waals surface area (Å²) >= 11 is 0. The van der Waals surface area contributed by atoms with E-state index in [1.807, 2.05) is 12.1 Å². The standard InChI is InChI=1S/C14H18O/c1-11-7-3-4-8-13(11)14(12(2)15)9-5-6-10-14/h3-4,7-8H,5-6,9-10H2,1-2H3. The van der Waals surface area contributed by atoms with Gasteiger partial charge >= 0.3 is 0 Å². The highest BCUT2D eigenvalue weighted by molar-refractivity contribution is 5.88. The highest BCUT2D eigenvalue weighted by Gasteiger charge is 2.40. The monoisotopic (exact) mass is 202 g/mol. The van der Waals surface area contributed by atoms with Crippen molar-refractivity contribution in [3.8, 4) is 0 Å².